The summed E-state index contributed by atoms with van der Waals surface area (Å²) in [6.07, 6.45) is 4.29. The topological polar surface area (TPSA) is 48.2 Å². The first-order valence-electron chi connectivity index (χ1n) is 6.93. The highest BCUT2D eigenvalue weighted by atomic mass is 79.9. The lowest BCUT2D eigenvalue weighted by molar-refractivity contribution is 0.300. The second kappa shape index (κ2) is 5.15. The number of ether oxygens (including phenoxy) is 1. The first kappa shape index (κ1) is 12.8. The Hall–Kier alpha value is -1.88. The lowest BCUT2D eigenvalue weighted by atomic mass is 10.3. The minimum Gasteiger partial charge on any atom is -0.493 e. The summed E-state index contributed by atoms with van der Waals surface area (Å²) in [5, 5.41) is 0. The van der Waals surface area contributed by atoms with Crippen molar-refractivity contribution in [3.8, 4) is 17.3 Å². The van der Waals surface area contributed by atoms with E-state index in [9.17, 15) is 0 Å². The molecule has 0 atom stereocenters. The second-order valence-corrected chi connectivity index (χ2v) is 6.18. The number of oxazole rings is 1. The number of hydrogen-bond acceptors (Lipinski definition) is 4. The summed E-state index contributed by atoms with van der Waals surface area (Å²) < 4.78 is 12.5. The quantitative estimate of drug-likeness (QED) is 0.701. The van der Waals surface area contributed by atoms with Gasteiger partial charge in [-0.2, -0.15) is 0 Å². The molecule has 4 rings (SSSR count). The molecule has 1 aliphatic rings. The summed E-state index contributed by atoms with van der Waals surface area (Å²) in [5.74, 6) is 2.09. The molecule has 106 valence electrons. The van der Waals surface area contributed by atoms with Crippen molar-refractivity contribution in [1.29, 1.82) is 0 Å². The van der Waals surface area contributed by atoms with Crippen LogP contribution in [0.3, 0.4) is 0 Å². The number of halogens is 1. The molecule has 0 aliphatic heterocycles. The molecule has 0 unspecified atom stereocenters. The lowest BCUT2D eigenvalue weighted by Crippen LogP contribution is -1.98. The molecular weight excluding hydrogens is 332 g/mol. The first-order valence-corrected chi connectivity index (χ1v) is 7.72. The van der Waals surface area contributed by atoms with Crippen molar-refractivity contribution < 1.29 is 9.15 Å². The molecule has 1 fully saturated rings. The van der Waals surface area contributed by atoms with E-state index >= 15 is 0 Å². The molecule has 1 saturated carbocycles. The predicted octanol–water partition coefficient (Wildman–Crippen LogP) is 4.44. The van der Waals surface area contributed by atoms with Gasteiger partial charge in [0.05, 0.1) is 6.61 Å². The molecule has 1 aromatic carbocycles. The minimum absolute atomic E-state index is 0.525. The van der Waals surface area contributed by atoms with E-state index in [2.05, 4.69) is 25.9 Å². The predicted molar refractivity (Wildman–Crippen MR) is 83.2 cm³/mol. The molecule has 0 radical (unpaired) electrons. The fraction of sp³-hybridized carbons (Fsp3) is 0.250. The van der Waals surface area contributed by atoms with Gasteiger partial charge in [-0.25, -0.2) is 4.98 Å². The molecule has 21 heavy (non-hydrogen) atoms. The summed E-state index contributed by atoms with van der Waals surface area (Å²) in [5.41, 5.74) is 2.26. The monoisotopic (exact) mass is 344 g/mol. The van der Waals surface area contributed by atoms with E-state index in [1.165, 1.54) is 12.8 Å². The van der Waals surface area contributed by atoms with Gasteiger partial charge in [0.2, 0.25) is 5.89 Å². The SMILES string of the molecule is Brc1ccc(-c2nc3ccc(OCC4CC4)cc3o2)nc1. The molecule has 0 bridgehead atoms. The van der Waals surface area contributed by atoms with Gasteiger partial charge < -0.3 is 9.15 Å². The third kappa shape index (κ3) is 2.78. The number of hydrogen-bond donors (Lipinski definition) is 0. The van der Waals surface area contributed by atoms with Crippen molar-refractivity contribution in [2.24, 2.45) is 5.92 Å². The Balaban J connectivity index is 1.63. The molecule has 3 aromatic rings. The van der Waals surface area contributed by atoms with Gasteiger partial charge in [0.1, 0.15) is 17.0 Å². The normalized spacial score (nSPS) is 14.5. The average molecular weight is 345 g/mol. The van der Waals surface area contributed by atoms with E-state index in [0.717, 1.165) is 39.5 Å². The van der Waals surface area contributed by atoms with E-state index in [0.29, 0.717) is 5.89 Å². The van der Waals surface area contributed by atoms with Crippen molar-refractivity contribution in [1.82, 2.24) is 9.97 Å². The largest absolute Gasteiger partial charge is 0.493 e. The number of benzene rings is 1. The smallest absolute Gasteiger partial charge is 0.246 e. The number of pyridine rings is 1. The maximum absolute atomic E-state index is 5.79. The third-order valence-electron chi connectivity index (χ3n) is 3.49. The second-order valence-electron chi connectivity index (χ2n) is 5.26. The van der Waals surface area contributed by atoms with Crippen LogP contribution in [0.1, 0.15) is 12.8 Å². The summed E-state index contributed by atoms with van der Waals surface area (Å²) in [7, 11) is 0. The highest BCUT2D eigenvalue weighted by Crippen LogP contribution is 2.31. The Morgan fingerprint density at radius 1 is 1.24 bits per heavy atom. The van der Waals surface area contributed by atoms with Crippen LogP contribution in [0.25, 0.3) is 22.7 Å². The molecule has 2 heterocycles. The van der Waals surface area contributed by atoms with Crippen LogP contribution in [0.15, 0.2) is 45.4 Å². The number of nitrogens with zero attached hydrogens (tertiary/aromatic N) is 2. The fourth-order valence-electron chi connectivity index (χ4n) is 2.11. The molecule has 0 N–H and O–H groups in total. The lowest BCUT2D eigenvalue weighted by Gasteiger charge is -2.03. The zero-order chi connectivity index (χ0) is 14.2. The Morgan fingerprint density at radius 2 is 2.14 bits per heavy atom. The van der Waals surface area contributed by atoms with Crippen LogP contribution in [0.4, 0.5) is 0 Å². The Labute approximate surface area is 130 Å². The van der Waals surface area contributed by atoms with Crippen LogP contribution < -0.4 is 4.74 Å². The van der Waals surface area contributed by atoms with E-state index in [1.54, 1.807) is 6.20 Å². The summed E-state index contributed by atoms with van der Waals surface area (Å²) >= 11 is 3.37. The molecule has 0 amide bonds. The van der Waals surface area contributed by atoms with E-state index < -0.39 is 0 Å². The zero-order valence-corrected chi connectivity index (χ0v) is 12.8. The number of aromatic nitrogens is 2. The Bertz CT molecular complexity index is 779. The van der Waals surface area contributed by atoms with Gasteiger partial charge in [-0.05, 0) is 59.0 Å². The van der Waals surface area contributed by atoms with Gasteiger partial charge in [0.25, 0.3) is 0 Å². The number of rotatable bonds is 4. The van der Waals surface area contributed by atoms with Crippen LogP contribution in [0.5, 0.6) is 5.75 Å². The summed E-state index contributed by atoms with van der Waals surface area (Å²) in [6, 6.07) is 9.54. The van der Waals surface area contributed by atoms with Crippen LogP contribution in [-0.4, -0.2) is 16.6 Å². The average Bonchev–Trinajstić information content (AvgIpc) is 3.23. The molecule has 4 nitrogen and oxygen atoms in total. The third-order valence-corrected chi connectivity index (χ3v) is 3.96. The Kier molecular flexibility index (Phi) is 3.15. The highest BCUT2D eigenvalue weighted by molar-refractivity contribution is 9.10. The maximum Gasteiger partial charge on any atom is 0.246 e. The summed E-state index contributed by atoms with van der Waals surface area (Å²) in [4.78, 5) is 8.76. The standard InChI is InChI=1S/C16H13BrN2O2/c17-11-3-5-14(18-8-11)16-19-13-6-4-12(7-15(13)21-16)20-9-10-1-2-10/h3-8,10H,1-2,9H2. The van der Waals surface area contributed by atoms with Gasteiger partial charge in [0.15, 0.2) is 5.58 Å². The van der Waals surface area contributed by atoms with E-state index in [4.69, 9.17) is 9.15 Å². The van der Waals surface area contributed by atoms with Crippen molar-refractivity contribution in [2.45, 2.75) is 12.8 Å². The van der Waals surface area contributed by atoms with Crippen LogP contribution >= 0.6 is 15.9 Å². The first-order chi connectivity index (χ1) is 10.3. The molecule has 0 spiro atoms. The van der Waals surface area contributed by atoms with Gasteiger partial charge in [-0.15, -0.1) is 0 Å². The molecule has 5 heteroatoms. The highest BCUT2D eigenvalue weighted by Gasteiger charge is 2.22. The van der Waals surface area contributed by atoms with Gasteiger partial charge in [0, 0.05) is 16.7 Å². The van der Waals surface area contributed by atoms with E-state index in [-0.39, 0.29) is 0 Å². The van der Waals surface area contributed by atoms with Crippen molar-refractivity contribution in [3.63, 3.8) is 0 Å². The molecule has 0 saturated heterocycles. The van der Waals surface area contributed by atoms with Crippen LogP contribution in [0, 0.1) is 5.92 Å². The number of fused-ring (bicyclic) bond motifs is 1. The van der Waals surface area contributed by atoms with Crippen molar-refractivity contribution in [2.75, 3.05) is 6.61 Å². The Morgan fingerprint density at radius 3 is 2.90 bits per heavy atom. The van der Waals surface area contributed by atoms with Crippen LogP contribution in [0.2, 0.25) is 0 Å². The molecule has 2 aromatic heterocycles. The van der Waals surface area contributed by atoms with Crippen LogP contribution in [-0.2, 0) is 0 Å². The minimum atomic E-state index is 0.525. The fourth-order valence-corrected chi connectivity index (χ4v) is 2.34. The maximum atomic E-state index is 5.79. The van der Waals surface area contributed by atoms with Gasteiger partial charge >= 0.3 is 0 Å². The van der Waals surface area contributed by atoms with Crippen molar-refractivity contribution in [3.05, 3.63) is 41.0 Å². The van der Waals surface area contributed by atoms with Gasteiger partial charge in [-0.1, -0.05) is 0 Å². The van der Waals surface area contributed by atoms with Gasteiger partial charge in [-0.3, -0.25) is 4.98 Å². The summed E-state index contributed by atoms with van der Waals surface area (Å²) in [6.45, 7) is 0.792. The zero-order valence-electron chi connectivity index (χ0n) is 11.3. The van der Waals surface area contributed by atoms with E-state index in [1.807, 2.05) is 30.3 Å². The molecule has 1 aliphatic carbocycles. The van der Waals surface area contributed by atoms with Crippen molar-refractivity contribution >= 4 is 27.0 Å². The molecular formula is C16H13BrN2O2.